The molecule has 0 unspecified atom stereocenters. The third-order valence-corrected chi connectivity index (χ3v) is 193. The van der Waals surface area contributed by atoms with Crippen LogP contribution < -0.4 is 51.4 Å². The number of hydrogen-bond acceptors (Lipinski definition) is 2. The summed E-state index contributed by atoms with van der Waals surface area (Å²) in [7, 11) is -9.13. The van der Waals surface area contributed by atoms with Gasteiger partial charge in [-0.05, 0) is 95.6 Å². The van der Waals surface area contributed by atoms with Gasteiger partial charge in [-0.15, -0.1) is 0 Å². The Morgan fingerprint density at radius 3 is 0.455 bits per heavy atom. The molecule has 0 aromatic heterocycles. The van der Waals surface area contributed by atoms with Crippen molar-refractivity contribution in [2.75, 3.05) is 26.4 Å². The van der Waals surface area contributed by atoms with E-state index in [2.05, 4.69) is 227 Å². The summed E-state index contributed by atoms with van der Waals surface area (Å²) in [4.78, 5) is 0. The van der Waals surface area contributed by atoms with Crippen LogP contribution in [-0.4, -0.2) is 86.2 Å². The van der Waals surface area contributed by atoms with Gasteiger partial charge in [0, 0.05) is 106 Å². The van der Waals surface area contributed by atoms with Crippen molar-refractivity contribution in [1.82, 2.24) is 0 Å². The van der Waals surface area contributed by atoms with Crippen molar-refractivity contribution in [3.8, 4) is 0 Å². The quantitative estimate of drug-likeness (QED) is 0.261. The van der Waals surface area contributed by atoms with Crippen LogP contribution in [-0.2, 0) is 29.0 Å². The fourth-order valence-corrected chi connectivity index (χ4v) is 355. The van der Waals surface area contributed by atoms with E-state index in [9.17, 15) is 0 Å². The van der Waals surface area contributed by atoms with Gasteiger partial charge in [0.15, 0.2) is 0 Å². The summed E-state index contributed by atoms with van der Waals surface area (Å²) in [5.74, 6) is 7.34. The molecule has 1 saturated carbocycles. The van der Waals surface area contributed by atoms with Gasteiger partial charge in [0.25, 0.3) is 0 Å². The van der Waals surface area contributed by atoms with Gasteiger partial charge < -0.3 is 9.47 Å². The van der Waals surface area contributed by atoms with Gasteiger partial charge in [0.1, 0.15) is 0 Å². The van der Waals surface area contributed by atoms with Crippen molar-refractivity contribution < 1.29 is 80.3 Å². The first-order valence-electron chi connectivity index (χ1n) is 25.9. The Balaban J connectivity index is 0. The SMILES string of the molecule is C1CCOC1.C1CCOC1.CC(C)(C)[Si](C)([Si]1[Si]([Si](C)(C(C)(C)C)C(C)(C)C)[Si]([Si](C)(C(C)(C)C)C(C)(C)C)[Si]1[Si](C)(C(C)(C)C)C(C)(C)C)C(C)(C)C.C[C]1[C](C)[C](C)[C](C)[C]1C.[K+].[Ru]. The molecule has 3 aliphatic heterocycles. The standard InChI is InChI=1S/C36H84Si8.C10H15.2C4H8O.K.Ru/c1-29(2,3)41(25,30(4,5)6)37-38(42(26,31(7,8)9)32(10,11)12)40(44(28,35(19,20)21)36(22,23)24)39(37)43(27,33(13,14)15)34(16,17)18;1-6-7(2)9(4)10(5)8(6)3;2*1-2-4-5-3-1;;/h1-28H3;1-5H3;2*1-4H2;;/q;;;;+1;. The van der Waals surface area contributed by atoms with Crippen LogP contribution in [0.4, 0.5) is 0 Å². The average Bonchev–Trinajstić information content (AvgIpc) is 3.88. The Morgan fingerprint density at radius 1 is 0.288 bits per heavy atom. The molecule has 4 fully saturated rings. The molecule has 0 N–H and O–H groups in total. The Labute approximate surface area is 483 Å². The summed E-state index contributed by atoms with van der Waals surface area (Å²) in [5.41, 5.74) is 0. The molecule has 4 rings (SSSR count). The number of rotatable bonds is 4. The van der Waals surface area contributed by atoms with Crippen molar-refractivity contribution in [3.63, 3.8) is 0 Å². The molecule has 3 saturated heterocycles. The molecule has 12 heteroatoms. The molecule has 0 aromatic rings. The van der Waals surface area contributed by atoms with E-state index < -0.39 is 59.8 Å². The first kappa shape index (κ1) is 72.0. The van der Waals surface area contributed by atoms with Crippen LogP contribution in [0.15, 0.2) is 0 Å². The van der Waals surface area contributed by atoms with E-state index in [4.69, 9.17) is 9.47 Å². The minimum Gasteiger partial charge on any atom is -0.381 e. The van der Waals surface area contributed by atoms with Crippen LogP contribution in [0.25, 0.3) is 0 Å². The van der Waals surface area contributed by atoms with Crippen molar-refractivity contribution >= 4 is 59.8 Å². The van der Waals surface area contributed by atoms with Gasteiger partial charge >= 0.3 is 51.4 Å². The zero-order valence-corrected chi connectivity index (χ0v) is 64.2. The van der Waals surface area contributed by atoms with E-state index in [0.717, 1.165) is 26.4 Å². The minimum atomic E-state index is -1.76. The van der Waals surface area contributed by atoms with Gasteiger partial charge in [-0.1, -0.05) is 227 Å². The zero-order valence-electron chi connectivity index (χ0n) is 51.3. The smallest absolute Gasteiger partial charge is 0.381 e. The molecule has 0 atom stereocenters. The first-order chi connectivity index (χ1) is 28.0. The third-order valence-electron chi connectivity index (χ3n) is 19.5. The van der Waals surface area contributed by atoms with E-state index in [1.165, 1.54) is 55.3 Å². The van der Waals surface area contributed by atoms with Crippen LogP contribution in [0, 0.1) is 29.6 Å². The second kappa shape index (κ2) is 24.9. The van der Waals surface area contributed by atoms with Crippen LogP contribution >= 0.6 is 0 Å². The largest absolute Gasteiger partial charge is 1.00 e. The second-order valence-electron chi connectivity index (χ2n) is 29.8. The summed E-state index contributed by atoms with van der Waals surface area (Å²) >= 11 is 0. The summed E-state index contributed by atoms with van der Waals surface area (Å²) in [6.07, 6.45) is 5.11. The maximum absolute atomic E-state index is 4.94. The molecule has 4 aliphatic rings. The molecule has 0 spiro atoms. The molecular formula is C54H115KO2RuSi8+. The molecule has 1 aliphatic carbocycles. The molecule has 2 nitrogen and oxygen atoms in total. The first-order valence-corrected chi connectivity index (χ1v) is 49.9. The van der Waals surface area contributed by atoms with Crippen LogP contribution in [0.5, 0.6) is 0 Å². The van der Waals surface area contributed by atoms with Crippen LogP contribution in [0.1, 0.15) is 226 Å². The fourth-order valence-electron chi connectivity index (χ4n) is 12.4. The number of hydrogen-bond donors (Lipinski definition) is 0. The molecule has 3 heterocycles. The van der Waals surface area contributed by atoms with E-state index in [1.54, 1.807) is 0 Å². The Kier molecular flexibility index (Phi) is 27.2. The van der Waals surface area contributed by atoms with Gasteiger partial charge in [0.2, 0.25) is 0 Å². The average molecular weight is 1160 g/mol. The molecule has 0 amide bonds. The van der Waals surface area contributed by atoms with Crippen molar-refractivity contribution in [2.45, 2.75) is 293 Å². The molecule has 9 radical (unpaired) electrons. The molecule has 0 bridgehead atoms. The predicted molar refractivity (Wildman–Crippen MR) is 312 cm³/mol. The van der Waals surface area contributed by atoms with Crippen LogP contribution in [0.2, 0.25) is 66.5 Å². The van der Waals surface area contributed by atoms with Gasteiger partial charge in [-0.25, -0.2) is 0 Å². The molecule has 66 heavy (non-hydrogen) atoms. The maximum atomic E-state index is 4.94. The van der Waals surface area contributed by atoms with Gasteiger partial charge in [0.05, 0.1) is 0 Å². The molecule has 383 valence electrons. The van der Waals surface area contributed by atoms with Gasteiger partial charge in [-0.2, -0.15) is 0 Å². The second-order valence-corrected chi connectivity index (χ2v) is 102. The molecule has 0 aromatic carbocycles. The normalized spacial score (nSPS) is 21.2. The predicted octanol–water partition coefficient (Wildman–Crippen LogP) is 14.9. The van der Waals surface area contributed by atoms with E-state index in [0.29, 0.717) is 40.3 Å². The monoisotopic (exact) mass is 1160 g/mol. The number of ether oxygens (including phenoxy) is 2. The van der Waals surface area contributed by atoms with Crippen molar-refractivity contribution in [2.24, 2.45) is 0 Å². The van der Waals surface area contributed by atoms with Crippen LogP contribution in [0.3, 0.4) is 0 Å². The Morgan fingerprint density at radius 2 is 0.394 bits per heavy atom. The Bertz CT molecular complexity index is 1140. The van der Waals surface area contributed by atoms with Gasteiger partial charge in [-0.3, -0.25) is 0 Å². The summed E-state index contributed by atoms with van der Waals surface area (Å²) < 4.78 is 9.89. The van der Waals surface area contributed by atoms with Crippen molar-refractivity contribution in [3.05, 3.63) is 29.6 Å². The zero-order chi connectivity index (χ0) is 51.3. The molecular weight excluding hydrogens is 1050 g/mol. The van der Waals surface area contributed by atoms with E-state index in [-0.39, 0.29) is 70.9 Å². The van der Waals surface area contributed by atoms with E-state index >= 15 is 0 Å². The topological polar surface area (TPSA) is 18.5 Å². The minimum absolute atomic E-state index is 0. The summed E-state index contributed by atoms with van der Waals surface area (Å²) in [6, 6.07) is 0. The maximum Gasteiger partial charge on any atom is 1.00 e. The summed E-state index contributed by atoms with van der Waals surface area (Å²) in [6.45, 7) is 93.1. The summed E-state index contributed by atoms with van der Waals surface area (Å²) in [5, 5.41) is 3.53. The fraction of sp³-hybridized carbons (Fsp3) is 0.907. The van der Waals surface area contributed by atoms with Crippen molar-refractivity contribution in [1.29, 1.82) is 0 Å². The van der Waals surface area contributed by atoms with E-state index in [1.807, 2.05) is 0 Å². The third kappa shape index (κ3) is 14.3. The Hall–Kier alpha value is 3.91.